The van der Waals surface area contributed by atoms with Gasteiger partial charge >= 0.3 is 0 Å². The summed E-state index contributed by atoms with van der Waals surface area (Å²) in [6.45, 7) is 3.49. The summed E-state index contributed by atoms with van der Waals surface area (Å²) in [5.74, 6) is -2.74. The Balaban J connectivity index is 0.761. The van der Waals surface area contributed by atoms with Crippen molar-refractivity contribution in [3.8, 4) is 5.75 Å². The monoisotopic (exact) mass is 975 g/mol. The number of benzene rings is 3. The Kier molecular flexibility index (Phi) is 16.5. The molecule has 0 spiro atoms. The Morgan fingerprint density at radius 3 is 2.46 bits per heavy atom. The molecular formula is C50H55ClFN11O7. The zero-order valence-electron chi connectivity index (χ0n) is 38.7. The largest absolute Gasteiger partial charge is 0.485 e. The van der Waals surface area contributed by atoms with Gasteiger partial charge in [0.05, 0.1) is 39.2 Å². The molecule has 0 saturated carbocycles. The molecule has 70 heavy (non-hydrogen) atoms. The summed E-state index contributed by atoms with van der Waals surface area (Å²) in [4.78, 5) is 88.6. The molecule has 366 valence electrons. The lowest BCUT2D eigenvalue weighted by Gasteiger charge is -2.27. The van der Waals surface area contributed by atoms with Crippen LogP contribution in [0.5, 0.6) is 5.75 Å². The Hall–Kier alpha value is -7.12. The third-order valence-electron chi connectivity index (χ3n) is 12.5. The zero-order valence-corrected chi connectivity index (χ0v) is 39.4. The quantitative estimate of drug-likeness (QED) is 0.0295. The molecule has 2 aromatic heterocycles. The molecule has 2 fully saturated rings. The first-order valence-corrected chi connectivity index (χ1v) is 24.3. The molecule has 8 rings (SSSR count). The first-order valence-electron chi connectivity index (χ1n) is 23.9. The Morgan fingerprint density at radius 1 is 0.886 bits per heavy atom. The SMILES string of the molecule is O=C(/C=C/CN1CCCCC1)Nc1cc2c(Nc3ccc(F)c(Cl)c3)ncnc2cc1OCc1cn(CCCCCCCCCCC(=O)Nc2cccc3c2C(=O)N(C2CCC(=O)NC2=O)C3=O)nn1. The van der Waals surface area contributed by atoms with Crippen LogP contribution in [0.4, 0.5) is 27.3 Å². The topological polar surface area (TPSA) is 223 Å². The second-order valence-corrected chi connectivity index (χ2v) is 18.1. The van der Waals surface area contributed by atoms with Crippen molar-refractivity contribution in [2.75, 3.05) is 35.6 Å². The van der Waals surface area contributed by atoms with Crippen molar-refractivity contribution >= 4 is 80.8 Å². The smallest absolute Gasteiger partial charge is 0.264 e. The summed E-state index contributed by atoms with van der Waals surface area (Å²) in [6, 6.07) is 11.3. The standard InChI is InChI=1S/C50H55ClFN11O7/c51-36-26-32(18-19-37(36)52)55-47-35-27-40(57-44(65)17-13-24-61-22-9-7-10-23-61)42(28-39(35)53-31-54-47)70-30-33-29-62(60-59-33)25-11-6-4-2-1-3-5-8-16-43(64)56-38-15-12-14-34-46(38)50(69)63(49(34)68)41-20-21-45(66)58-48(41)67/h12-15,17-19,26-29,31,41H,1-11,16,20-25,30H2,(H,56,64)(H,57,65)(H,53,54,55)(H,58,66,67)/b17-13+. The maximum absolute atomic E-state index is 13.9. The fraction of sp³-hybridized carbons (Fsp3) is 0.400. The van der Waals surface area contributed by atoms with Gasteiger partial charge in [-0.2, -0.15) is 0 Å². The van der Waals surface area contributed by atoms with E-state index in [0.717, 1.165) is 75.8 Å². The van der Waals surface area contributed by atoms with Crippen LogP contribution in [0.1, 0.15) is 116 Å². The van der Waals surface area contributed by atoms with E-state index in [1.165, 1.54) is 37.0 Å². The van der Waals surface area contributed by atoms with Gasteiger partial charge in [-0.15, -0.1) is 5.10 Å². The third kappa shape index (κ3) is 12.6. The average Bonchev–Trinajstić information content (AvgIpc) is 3.91. The van der Waals surface area contributed by atoms with Crippen LogP contribution < -0.4 is 26.0 Å². The molecule has 6 amide bonds. The van der Waals surface area contributed by atoms with E-state index < -0.39 is 35.5 Å². The van der Waals surface area contributed by atoms with E-state index in [1.807, 2.05) is 12.3 Å². The molecule has 2 saturated heterocycles. The number of nitrogens with one attached hydrogen (secondary N) is 4. The number of aromatic nitrogens is 5. The fourth-order valence-electron chi connectivity index (χ4n) is 8.85. The average molecular weight is 977 g/mol. The van der Waals surface area contributed by atoms with E-state index in [1.54, 1.807) is 35.0 Å². The number of unbranched alkanes of at least 4 members (excludes halogenated alkanes) is 7. The van der Waals surface area contributed by atoms with E-state index in [2.05, 4.69) is 46.4 Å². The van der Waals surface area contributed by atoms with Crippen molar-refractivity contribution in [1.82, 2.24) is 40.1 Å². The lowest BCUT2D eigenvalue weighted by Crippen LogP contribution is -2.54. The lowest BCUT2D eigenvalue weighted by atomic mass is 10.0. The van der Waals surface area contributed by atoms with E-state index in [-0.39, 0.29) is 59.5 Å². The van der Waals surface area contributed by atoms with Crippen molar-refractivity contribution in [2.45, 2.75) is 109 Å². The van der Waals surface area contributed by atoms with E-state index in [9.17, 15) is 33.2 Å². The Bertz CT molecular complexity index is 2800. The maximum Gasteiger partial charge on any atom is 0.264 e. The highest BCUT2D eigenvalue weighted by Crippen LogP contribution is 2.35. The van der Waals surface area contributed by atoms with Crippen LogP contribution in [0.2, 0.25) is 5.02 Å². The number of imide groups is 2. The molecule has 1 unspecified atom stereocenters. The number of fused-ring (bicyclic) bond motifs is 2. The molecule has 3 aliphatic rings. The molecule has 18 nitrogen and oxygen atoms in total. The molecule has 1 atom stereocenters. The van der Waals surface area contributed by atoms with Crippen LogP contribution in [0.25, 0.3) is 10.9 Å². The minimum absolute atomic E-state index is 0.0231. The van der Waals surface area contributed by atoms with Gasteiger partial charge in [0, 0.05) is 49.1 Å². The highest BCUT2D eigenvalue weighted by Gasteiger charge is 2.45. The number of ether oxygens (including phenoxy) is 1. The molecule has 4 N–H and O–H groups in total. The fourth-order valence-corrected chi connectivity index (χ4v) is 9.03. The zero-order chi connectivity index (χ0) is 49.0. The number of halogens is 2. The van der Waals surface area contributed by atoms with Gasteiger partial charge in [-0.3, -0.25) is 48.6 Å². The van der Waals surface area contributed by atoms with Crippen molar-refractivity contribution < 1.29 is 37.9 Å². The number of likely N-dealkylation sites (tertiary alicyclic amines) is 1. The molecule has 0 bridgehead atoms. The van der Waals surface area contributed by atoms with E-state index >= 15 is 0 Å². The van der Waals surface area contributed by atoms with Gasteiger partial charge in [0.1, 0.15) is 42.1 Å². The number of aryl methyl sites for hydroxylation is 1. The van der Waals surface area contributed by atoms with Crippen LogP contribution >= 0.6 is 11.6 Å². The van der Waals surface area contributed by atoms with Gasteiger partial charge in [0.2, 0.25) is 23.6 Å². The van der Waals surface area contributed by atoms with Crippen molar-refractivity contribution in [3.05, 3.63) is 101 Å². The lowest BCUT2D eigenvalue weighted by molar-refractivity contribution is -0.136. The second-order valence-electron chi connectivity index (χ2n) is 17.7. The second kappa shape index (κ2) is 23.5. The summed E-state index contributed by atoms with van der Waals surface area (Å²) in [5.41, 5.74) is 2.48. The molecule has 20 heteroatoms. The van der Waals surface area contributed by atoms with Crippen LogP contribution in [-0.2, 0) is 32.3 Å². The Labute approximate surface area is 408 Å². The number of carbonyl (C=O) groups excluding carboxylic acids is 6. The van der Waals surface area contributed by atoms with Crippen LogP contribution in [-0.4, -0.2) is 95.9 Å². The molecule has 0 aliphatic carbocycles. The van der Waals surface area contributed by atoms with E-state index in [0.29, 0.717) is 59.0 Å². The molecule has 3 aromatic carbocycles. The van der Waals surface area contributed by atoms with E-state index in [4.69, 9.17) is 16.3 Å². The number of piperidine rings is 2. The predicted octanol–water partition coefficient (Wildman–Crippen LogP) is 7.87. The molecule has 5 heterocycles. The highest BCUT2D eigenvalue weighted by molar-refractivity contribution is 6.31. The van der Waals surface area contributed by atoms with Crippen molar-refractivity contribution in [2.24, 2.45) is 0 Å². The predicted molar refractivity (Wildman–Crippen MR) is 260 cm³/mol. The summed E-state index contributed by atoms with van der Waals surface area (Å²) in [5, 5.41) is 20.3. The van der Waals surface area contributed by atoms with Gasteiger partial charge in [0.25, 0.3) is 11.8 Å². The van der Waals surface area contributed by atoms with Gasteiger partial charge in [-0.25, -0.2) is 14.4 Å². The number of amides is 6. The molecule has 0 radical (unpaired) electrons. The molecule has 5 aromatic rings. The summed E-state index contributed by atoms with van der Waals surface area (Å²) >= 11 is 6.03. The third-order valence-corrected chi connectivity index (χ3v) is 12.8. The normalized spacial score (nSPS) is 16.2. The summed E-state index contributed by atoms with van der Waals surface area (Å²) < 4.78 is 21.9. The number of hydrogen-bond acceptors (Lipinski definition) is 13. The summed E-state index contributed by atoms with van der Waals surface area (Å²) in [7, 11) is 0. The van der Waals surface area contributed by atoms with Gasteiger partial charge in [-0.1, -0.05) is 73.9 Å². The van der Waals surface area contributed by atoms with Crippen LogP contribution in [0.15, 0.2) is 73.2 Å². The van der Waals surface area contributed by atoms with Gasteiger partial charge in [-0.05, 0) is 81.6 Å². The molecular weight excluding hydrogens is 921 g/mol. The first-order chi connectivity index (χ1) is 34.0. The van der Waals surface area contributed by atoms with Crippen LogP contribution in [0, 0.1) is 5.82 Å². The Morgan fingerprint density at radius 2 is 1.67 bits per heavy atom. The minimum Gasteiger partial charge on any atom is -0.485 e. The van der Waals surface area contributed by atoms with Crippen molar-refractivity contribution in [3.63, 3.8) is 0 Å². The summed E-state index contributed by atoms with van der Waals surface area (Å²) in [6.07, 6.45) is 18.1. The maximum atomic E-state index is 13.9. The highest BCUT2D eigenvalue weighted by atomic mass is 35.5. The van der Waals surface area contributed by atoms with Gasteiger partial charge in [0.15, 0.2) is 0 Å². The van der Waals surface area contributed by atoms with Crippen molar-refractivity contribution in [1.29, 1.82) is 0 Å². The number of hydrogen-bond donors (Lipinski definition) is 4. The molecule has 3 aliphatic heterocycles. The number of carbonyl (C=O) groups is 6. The number of nitrogens with zero attached hydrogens (tertiary/aromatic N) is 7. The minimum atomic E-state index is -1.08. The number of anilines is 4. The van der Waals surface area contributed by atoms with Crippen LogP contribution in [0.3, 0.4) is 0 Å². The van der Waals surface area contributed by atoms with Gasteiger partial charge < -0.3 is 20.7 Å². The number of rotatable bonds is 22. The first kappa shape index (κ1) is 49.3.